The zero-order chi connectivity index (χ0) is 15.5. The van der Waals surface area contributed by atoms with Crippen LogP contribution in [0.25, 0.3) is 0 Å². The van der Waals surface area contributed by atoms with Crippen molar-refractivity contribution in [1.29, 1.82) is 0 Å². The van der Waals surface area contributed by atoms with Gasteiger partial charge in [0.15, 0.2) is 0 Å². The second-order valence-electron chi connectivity index (χ2n) is 6.38. The lowest BCUT2D eigenvalue weighted by Gasteiger charge is -2.19. The zero-order valence-electron chi connectivity index (χ0n) is 13.1. The quantitative estimate of drug-likeness (QED) is 0.774. The minimum absolute atomic E-state index is 0.113. The second-order valence-corrected chi connectivity index (χ2v) is 8.06. The largest absolute Gasteiger partial charge is 0.383 e. The molecule has 1 saturated carbocycles. The molecular weight excluding hydrogens is 284 g/mol. The van der Waals surface area contributed by atoms with Crippen molar-refractivity contribution in [1.82, 2.24) is 4.72 Å². The molecule has 0 aromatic heterocycles. The average molecular weight is 310 g/mol. The highest BCUT2D eigenvalue weighted by Gasteiger charge is 2.41. The summed E-state index contributed by atoms with van der Waals surface area (Å²) in [5.74, 6) is 0. The highest BCUT2D eigenvalue weighted by atomic mass is 32.2. The van der Waals surface area contributed by atoms with Gasteiger partial charge in [-0.05, 0) is 50.7 Å². The van der Waals surface area contributed by atoms with Gasteiger partial charge in [-0.3, -0.25) is 0 Å². The molecule has 0 aliphatic heterocycles. The predicted octanol–water partition coefficient (Wildman–Crippen LogP) is 3.37. The summed E-state index contributed by atoms with van der Waals surface area (Å²) in [5, 5.41) is 3.36. The van der Waals surface area contributed by atoms with Gasteiger partial charge in [-0.2, -0.15) is 0 Å². The van der Waals surface area contributed by atoms with Crippen LogP contribution in [0.3, 0.4) is 0 Å². The first-order valence-electron chi connectivity index (χ1n) is 7.74. The summed E-state index contributed by atoms with van der Waals surface area (Å²) in [7, 11) is -3.46. The van der Waals surface area contributed by atoms with Gasteiger partial charge in [0.2, 0.25) is 10.0 Å². The molecule has 2 N–H and O–H groups in total. The number of rotatable bonds is 8. The van der Waals surface area contributed by atoms with Crippen molar-refractivity contribution in [2.24, 2.45) is 5.41 Å². The summed E-state index contributed by atoms with van der Waals surface area (Å²) in [5.41, 5.74) is 1.09. The molecule has 0 amide bonds. The van der Waals surface area contributed by atoms with E-state index in [0.29, 0.717) is 16.0 Å². The van der Waals surface area contributed by atoms with E-state index in [9.17, 15) is 8.42 Å². The Morgan fingerprint density at radius 1 is 1.24 bits per heavy atom. The topological polar surface area (TPSA) is 58.2 Å². The molecule has 1 fully saturated rings. The van der Waals surface area contributed by atoms with Crippen LogP contribution in [0.5, 0.6) is 0 Å². The molecule has 0 unspecified atom stereocenters. The summed E-state index contributed by atoms with van der Waals surface area (Å²) < 4.78 is 27.4. The molecule has 4 nitrogen and oxygen atoms in total. The summed E-state index contributed by atoms with van der Waals surface area (Å²) in [6.07, 6.45) is 4.87. The molecule has 0 radical (unpaired) electrons. The molecule has 1 aromatic carbocycles. The number of anilines is 1. The molecule has 118 valence electrons. The Labute approximate surface area is 128 Å². The smallest absolute Gasteiger partial charge is 0.242 e. The molecule has 0 atom stereocenters. The highest BCUT2D eigenvalue weighted by Crippen LogP contribution is 2.49. The average Bonchev–Trinajstić information content (AvgIpc) is 3.16. The van der Waals surface area contributed by atoms with Crippen LogP contribution in [-0.4, -0.2) is 21.0 Å². The molecule has 2 rings (SSSR count). The molecule has 0 heterocycles. The first kappa shape index (κ1) is 16.3. The number of nitrogens with one attached hydrogen (secondary N) is 2. The maximum absolute atomic E-state index is 12.4. The number of hydrogen-bond donors (Lipinski definition) is 2. The molecule has 0 spiro atoms. The second kappa shape index (κ2) is 6.36. The van der Waals surface area contributed by atoms with Gasteiger partial charge in [-0.25, -0.2) is 13.1 Å². The van der Waals surface area contributed by atoms with Crippen molar-refractivity contribution in [3.8, 4) is 0 Å². The monoisotopic (exact) mass is 310 g/mol. The van der Waals surface area contributed by atoms with Gasteiger partial charge in [-0.1, -0.05) is 25.5 Å². The normalized spacial score (nSPS) is 17.0. The molecule has 1 aliphatic rings. The van der Waals surface area contributed by atoms with Gasteiger partial charge < -0.3 is 5.32 Å². The molecule has 5 heteroatoms. The predicted molar refractivity (Wildman–Crippen MR) is 87.0 cm³/mol. The van der Waals surface area contributed by atoms with Gasteiger partial charge in [0.05, 0.1) is 5.69 Å². The fourth-order valence-corrected chi connectivity index (χ4v) is 4.16. The fourth-order valence-electron chi connectivity index (χ4n) is 2.73. The standard InChI is InChI=1S/C16H26N2O2S/c1-4-9-16(10-11-16)12-17-14-7-5-6-8-15(14)21(19,20)18-13(2)3/h5-8,13,17-18H,4,9-12H2,1-3H3. The van der Waals surface area contributed by atoms with Crippen LogP contribution >= 0.6 is 0 Å². The number of para-hydroxylation sites is 1. The van der Waals surface area contributed by atoms with E-state index in [0.717, 1.165) is 6.54 Å². The van der Waals surface area contributed by atoms with Crippen molar-refractivity contribution in [3.63, 3.8) is 0 Å². The van der Waals surface area contributed by atoms with E-state index in [1.165, 1.54) is 25.7 Å². The van der Waals surface area contributed by atoms with Gasteiger partial charge in [0.25, 0.3) is 0 Å². The van der Waals surface area contributed by atoms with Gasteiger partial charge >= 0.3 is 0 Å². The lowest BCUT2D eigenvalue weighted by Crippen LogP contribution is -2.31. The van der Waals surface area contributed by atoms with Crippen molar-refractivity contribution in [2.45, 2.75) is 57.4 Å². The highest BCUT2D eigenvalue weighted by molar-refractivity contribution is 7.89. The molecule has 21 heavy (non-hydrogen) atoms. The lowest BCUT2D eigenvalue weighted by atomic mass is 10.0. The Hall–Kier alpha value is -1.07. The molecule has 0 saturated heterocycles. The Balaban J connectivity index is 2.14. The minimum atomic E-state index is -3.46. The van der Waals surface area contributed by atoms with E-state index < -0.39 is 10.0 Å². The molecule has 0 bridgehead atoms. The Bertz CT molecular complexity index is 578. The van der Waals surface area contributed by atoms with Crippen molar-refractivity contribution < 1.29 is 8.42 Å². The van der Waals surface area contributed by atoms with Crippen molar-refractivity contribution in [2.75, 3.05) is 11.9 Å². The van der Waals surface area contributed by atoms with Crippen LogP contribution < -0.4 is 10.0 Å². The molecule has 1 aliphatic carbocycles. The third-order valence-corrected chi connectivity index (χ3v) is 5.68. The van der Waals surface area contributed by atoms with Crippen LogP contribution in [0.15, 0.2) is 29.2 Å². The van der Waals surface area contributed by atoms with E-state index in [1.807, 2.05) is 26.0 Å². The Morgan fingerprint density at radius 3 is 2.48 bits per heavy atom. The minimum Gasteiger partial charge on any atom is -0.383 e. The Kier molecular flexibility index (Phi) is 4.94. The summed E-state index contributed by atoms with van der Waals surface area (Å²) in [6.45, 7) is 6.71. The summed E-state index contributed by atoms with van der Waals surface area (Å²) in [6, 6.07) is 7.02. The SMILES string of the molecule is CCCC1(CNc2ccccc2S(=O)(=O)NC(C)C)CC1. The molecule has 1 aromatic rings. The van der Waals surface area contributed by atoms with E-state index in [-0.39, 0.29) is 6.04 Å². The van der Waals surface area contributed by atoms with E-state index in [1.54, 1.807) is 12.1 Å². The van der Waals surface area contributed by atoms with E-state index in [4.69, 9.17) is 0 Å². The third-order valence-electron chi connectivity index (χ3n) is 3.96. The summed E-state index contributed by atoms with van der Waals surface area (Å²) >= 11 is 0. The number of sulfonamides is 1. The zero-order valence-corrected chi connectivity index (χ0v) is 14.0. The first-order valence-corrected chi connectivity index (χ1v) is 9.22. The lowest BCUT2D eigenvalue weighted by molar-refractivity contribution is 0.485. The van der Waals surface area contributed by atoms with E-state index in [2.05, 4.69) is 17.0 Å². The number of hydrogen-bond acceptors (Lipinski definition) is 3. The van der Waals surface area contributed by atoms with Crippen molar-refractivity contribution >= 4 is 15.7 Å². The maximum atomic E-state index is 12.4. The van der Waals surface area contributed by atoms with Gasteiger partial charge in [0, 0.05) is 12.6 Å². The summed E-state index contributed by atoms with van der Waals surface area (Å²) in [4.78, 5) is 0.339. The van der Waals surface area contributed by atoms with Crippen LogP contribution in [0.4, 0.5) is 5.69 Å². The van der Waals surface area contributed by atoms with Crippen LogP contribution in [0.2, 0.25) is 0 Å². The van der Waals surface area contributed by atoms with Gasteiger partial charge in [-0.15, -0.1) is 0 Å². The van der Waals surface area contributed by atoms with E-state index >= 15 is 0 Å². The number of benzene rings is 1. The van der Waals surface area contributed by atoms with Crippen molar-refractivity contribution in [3.05, 3.63) is 24.3 Å². The first-order chi connectivity index (χ1) is 9.88. The fraction of sp³-hybridized carbons (Fsp3) is 0.625. The Morgan fingerprint density at radius 2 is 1.90 bits per heavy atom. The molecular formula is C16H26N2O2S. The van der Waals surface area contributed by atoms with Gasteiger partial charge in [0.1, 0.15) is 4.90 Å². The third kappa shape index (κ3) is 4.20. The van der Waals surface area contributed by atoms with Crippen LogP contribution in [0.1, 0.15) is 46.5 Å². The maximum Gasteiger partial charge on any atom is 0.242 e. The van der Waals surface area contributed by atoms with Crippen LogP contribution in [0, 0.1) is 5.41 Å². The van der Waals surface area contributed by atoms with Crippen LogP contribution in [-0.2, 0) is 10.0 Å².